The number of hydrogen-bond acceptors (Lipinski definition) is 2. The van der Waals surface area contributed by atoms with Crippen molar-refractivity contribution in [3.63, 3.8) is 0 Å². The van der Waals surface area contributed by atoms with Gasteiger partial charge in [-0.3, -0.25) is 0 Å². The molecule has 1 aliphatic rings. The Morgan fingerprint density at radius 2 is 1.93 bits per heavy atom. The molecule has 0 aromatic rings. The molecule has 0 amide bonds. The van der Waals surface area contributed by atoms with Crippen LogP contribution in [0.25, 0.3) is 0 Å². The van der Waals surface area contributed by atoms with Crippen molar-refractivity contribution >= 4 is 0 Å². The standard InChI is InChI=1S/C12H26N2/c1-5-13-9-12(3,4)10-14(6-2)11-7-8-11/h11,13H,5-10H2,1-4H3. The van der Waals surface area contributed by atoms with Crippen LogP contribution in [0.3, 0.4) is 0 Å². The summed E-state index contributed by atoms with van der Waals surface area (Å²) < 4.78 is 0. The Hall–Kier alpha value is -0.0800. The van der Waals surface area contributed by atoms with Crippen LogP contribution in [0, 0.1) is 5.41 Å². The van der Waals surface area contributed by atoms with Gasteiger partial charge in [0.1, 0.15) is 0 Å². The zero-order valence-corrected chi connectivity index (χ0v) is 10.3. The predicted octanol–water partition coefficient (Wildman–Crippen LogP) is 2.11. The molecule has 1 fully saturated rings. The largest absolute Gasteiger partial charge is 0.316 e. The lowest BCUT2D eigenvalue weighted by Crippen LogP contribution is -2.41. The smallest absolute Gasteiger partial charge is 0.00965 e. The van der Waals surface area contributed by atoms with Crippen LogP contribution >= 0.6 is 0 Å². The van der Waals surface area contributed by atoms with Gasteiger partial charge in [0.15, 0.2) is 0 Å². The Bertz CT molecular complexity index is 162. The van der Waals surface area contributed by atoms with Gasteiger partial charge in [-0.15, -0.1) is 0 Å². The van der Waals surface area contributed by atoms with Crippen molar-refractivity contribution < 1.29 is 0 Å². The first-order chi connectivity index (χ1) is 6.59. The van der Waals surface area contributed by atoms with Crippen LogP contribution in [0.5, 0.6) is 0 Å². The van der Waals surface area contributed by atoms with Gasteiger partial charge in [-0.2, -0.15) is 0 Å². The van der Waals surface area contributed by atoms with E-state index in [4.69, 9.17) is 0 Å². The molecule has 1 aliphatic carbocycles. The van der Waals surface area contributed by atoms with E-state index in [1.54, 1.807) is 0 Å². The van der Waals surface area contributed by atoms with Crippen molar-refractivity contribution in [3.05, 3.63) is 0 Å². The normalized spacial score (nSPS) is 17.8. The topological polar surface area (TPSA) is 15.3 Å². The molecule has 2 heteroatoms. The first-order valence-corrected chi connectivity index (χ1v) is 6.04. The summed E-state index contributed by atoms with van der Waals surface area (Å²) in [4.78, 5) is 2.64. The summed E-state index contributed by atoms with van der Waals surface area (Å²) in [6.45, 7) is 13.8. The highest BCUT2D eigenvalue weighted by molar-refractivity contribution is 4.87. The van der Waals surface area contributed by atoms with Gasteiger partial charge >= 0.3 is 0 Å². The Labute approximate surface area is 89.1 Å². The maximum Gasteiger partial charge on any atom is 0.00965 e. The van der Waals surface area contributed by atoms with Crippen molar-refractivity contribution in [2.24, 2.45) is 5.41 Å². The maximum absolute atomic E-state index is 3.45. The van der Waals surface area contributed by atoms with E-state index in [-0.39, 0.29) is 0 Å². The molecule has 0 aromatic carbocycles. The van der Waals surface area contributed by atoms with E-state index in [2.05, 4.69) is 37.9 Å². The molecule has 1 N–H and O–H groups in total. The average Bonchev–Trinajstić information content (AvgIpc) is 2.94. The van der Waals surface area contributed by atoms with E-state index in [1.807, 2.05) is 0 Å². The SMILES string of the molecule is CCNCC(C)(C)CN(CC)C1CC1. The summed E-state index contributed by atoms with van der Waals surface area (Å²) in [7, 11) is 0. The quantitative estimate of drug-likeness (QED) is 0.674. The predicted molar refractivity (Wildman–Crippen MR) is 62.6 cm³/mol. The Morgan fingerprint density at radius 3 is 2.36 bits per heavy atom. The second-order valence-corrected chi connectivity index (χ2v) is 5.24. The number of rotatable bonds is 7. The van der Waals surface area contributed by atoms with Gasteiger partial charge in [-0.1, -0.05) is 27.7 Å². The number of nitrogens with zero attached hydrogens (tertiary/aromatic N) is 1. The van der Waals surface area contributed by atoms with Crippen LogP contribution < -0.4 is 5.32 Å². The van der Waals surface area contributed by atoms with Crippen LogP contribution in [-0.4, -0.2) is 37.1 Å². The number of hydrogen-bond donors (Lipinski definition) is 1. The first-order valence-electron chi connectivity index (χ1n) is 6.04. The molecule has 0 bridgehead atoms. The molecule has 84 valence electrons. The van der Waals surface area contributed by atoms with E-state index >= 15 is 0 Å². The minimum Gasteiger partial charge on any atom is -0.316 e. The third-order valence-electron chi connectivity index (χ3n) is 2.95. The molecule has 0 radical (unpaired) electrons. The van der Waals surface area contributed by atoms with E-state index in [1.165, 1.54) is 25.9 Å². The third kappa shape index (κ3) is 3.97. The van der Waals surface area contributed by atoms with Crippen molar-refractivity contribution in [1.29, 1.82) is 0 Å². The van der Waals surface area contributed by atoms with Crippen molar-refractivity contribution in [3.8, 4) is 0 Å². The van der Waals surface area contributed by atoms with Gasteiger partial charge in [-0.05, 0) is 31.3 Å². The van der Waals surface area contributed by atoms with Gasteiger partial charge in [0.05, 0.1) is 0 Å². The molecule has 0 saturated heterocycles. The average molecular weight is 198 g/mol. The second-order valence-electron chi connectivity index (χ2n) is 5.24. The summed E-state index contributed by atoms with van der Waals surface area (Å²) in [6.07, 6.45) is 2.84. The minimum atomic E-state index is 0.411. The summed E-state index contributed by atoms with van der Waals surface area (Å²) in [5.74, 6) is 0. The molecular formula is C12H26N2. The van der Waals surface area contributed by atoms with Crippen molar-refractivity contribution in [2.75, 3.05) is 26.2 Å². The van der Waals surface area contributed by atoms with Crippen LogP contribution in [-0.2, 0) is 0 Å². The van der Waals surface area contributed by atoms with Crippen LogP contribution in [0.1, 0.15) is 40.5 Å². The lowest BCUT2D eigenvalue weighted by molar-refractivity contribution is 0.174. The molecule has 1 saturated carbocycles. The van der Waals surface area contributed by atoms with Gasteiger partial charge < -0.3 is 10.2 Å². The van der Waals surface area contributed by atoms with Gasteiger partial charge in [0.2, 0.25) is 0 Å². The summed E-state index contributed by atoms with van der Waals surface area (Å²) >= 11 is 0. The fourth-order valence-corrected chi connectivity index (χ4v) is 2.01. The summed E-state index contributed by atoms with van der Waals surface area (Å²) in [6, 6.07) is 0.904. The zero-order chi connectivity index (χ0) is 10.6. The molecule has 0 aliphatic heterocycles. The Balaban J connectivity index is 2.30. The molecule has 0 spiro atoms. The lowest BCUT2D eigenvalue weighted by atomic mass is 9.92. The Kier molecular flexibility index (Phi) is 4.39. The second kappa shape index (κ2) is 5.13. The Morgan fingerprint density at radius 1 is 1.29 bits per heavy atom. The van der Waals surface area contributed by atoms with Crippen molar-refractivity contribution in [2.45, 2.75) is 46.6 Å². The fraction of sp³-hybridized carbons (Fsp3) is 1.00. The zero-order valence-electron chi connectivity index (χ0n) is 10.3. The molecule has 0 heterocycles. The third-order valence-corrected chi connectivity index (χ3v) is 2.95. The molecule has 14 heavy (non-hydrogen) atoms. The van der Waals surface area contributed by atoms with Crippen LogP contribution in [0.2, 0.25) is 0 Å². The molecule has 0 unspecified atom stereocenters. The summed E-state index contributed by atoms with van der Waals surface area (Å²) in [5, 5.41) is 3.45. The first kappa shape index (κ1) is 12.0. The number of nitrogens with one attached hydrogen (secondary N) is 1. The van der Waals surface area contributed by atoms with Crippen LogP contribution in [0.15, 0.2) is 0 Å². The van der Waals surface area contributed by atoms with Gasteiger partial charge in [0, 0.05) is 19.1 Å². The van der Waals surface area contributed by atoms with E-state index in [0.29, 0.717) is 5.41 Å². The van der Waals surface area contributed by atoms with E-state index in [9.17, 15) is 0 Å². The molecular weight excluding hydrogens is 172 g/mol. The van der Waals surface area contributed by atoms with E-state index in [0.717, 1.165) is 19.1 Å². The van der Waals surface area contributed by atoms with Gasteiger partial charge in [-0.25, -0.2) is 0 Å². The monoisotopic (exact) mass is 198 g/mol. The van der Waals surface area contributed by atoms with Crippen molar-refractivity contribution in [1.82, 2.24) is 10.2 Å². The highest BCUT2D eigenvalue weighted by Gasteiger charge is 2.31. The molecule has 2 nitrogen and oxygen atoms in total. The van der Waals surface area contributed by atoms with E-state index < -0.39 is 0 Å². The minimum absolute atomic E-state index is 0.411. The highest BCUT2D eigenvalue weighted by Crippen LogP contribution is 2.29. The molecule has 1 rings (SSSR count). The summed E-state index contributed by atoms with van der Waals surface area (Å²) in [5.41, 5.74) is 0.411. The highest BCUT2D eigenvalue weighted by atomic mass is 15.2. The van der Waals surface area contributed by atoms with Crippen LogP contribution in [0.4, 0.5) is 0 Å². The molecule has 0 atom stereocenters. The van der Waals surface area contributed by atoms with Gasteiger partial charge in [0.25, 0.3) is 0 Å². The molecule has 0 aromatic heterocycles. The lowest BCUT2D eigenvalue weighted by Gasteiger charge is -2.32. The fourth-order valence-electron chi connectivity index (χ4n) is 2.01. The maximum atomic E-state index is 3.45.